The van der Waals surface area contributed by atoms with Crippen molar-refractivity contribution >= 4 is 11.8 Å². The molecule has 1 unspecified atom stereocenters. The van der Waals surface area contributed by atoms with E-state index >= 15 is 0 Å². The largest absolute Gasteiger partial charge is 0.459 e. The van der Waals surface area contributed by atoms with Crippen molar-refractivity contribution in [1.82, 2.24) is 10.6 Å². The van der Waals surface area contributed by atoms with Crippen molar-refractivity contribution < 1.29 is 19.1 Å². The number of nitrogens with one attached hydrogen (secondary N) is 2. The zero-order valence-corrected chi connectivity index (χ0v) is 11.5. The molecule has 0 saturated heterocycles. The molecule has 1 aromatic heterocycles. The molecule has 0 aromatic carbocycles. The first kappa shape index (κ1) is 14.6. The van der Waals surface area contributed by atoms with E-state index in [-0.39, 0.29) is 23.7 Å². The van der Waals surface area contributed by atoms with Crippen LogP contribution in [0.4, 0.5) is 0 Å². The number of aliphatic hydroxyl groups excluding tert-OH is 1. The maximum Gasteiger partial charge on any atom is 0.287 e. The number of carbonyl (C=O) groups excluding carboxylic acids is 2. The van der Waals surface area contributed by atoms with Crippen molar-refractivity contribution in [3.8, 4) is 0 Å². The second-order valence-corrected chi connectivity index (χ2v) is 5.36. The first-order valence-electron chi connectivity index (χ1n) is 6.79. The van der Waals surface area contributed by atoms with Crippen LogP contribution in [-0.2, 0) is 4.79 Å². The van der Waals surface area contributed by atoms with E-state index in [9.17, 15) is 9.59 Å². The monoisotopic (exact) mass is 280 g/mol. The average molecular weight is 280 g/mol. The highest BCUT2D eigenvalue weighted by Gasteiger charge is 2.42. The number of amides is 2. The van der Waals surface area contributed by atoms with Gasteiger partial charge in [0.2, 0.25) is 5.91 Å². The van der Waals surface area contributed by atoms with Gasteiger partial charge in [0.15, 0.2) is 5.76 Å². The Morgan fingerprint density at radius 3 is 2.80 bits per heavy atom. The van der Waals surface area contributed by atoms with E-state index in [1.165, 1.54) is 6.26 Å². The van der Waals surface area contributed by atoms with Crippen molar-refractivity contribution in [2.75, 3.05) is 13.2 Å². The summed E-state index contributed by atoms with van der Waals surface area (Å²) in [5.41, 5.74) is 0.0646. The molecule has 0 aliphatic heterocycles. The Morgan fingerprint density at radius 1 is 1.50 bits per heavy atom. The van der Waals surface area contributed by atoms with Crippen molar-refractivity contribution in [3.63, 3.8) is 0 Å². The fourth-order valence-electron chi connectivity index (χ4n) is 2.10. The minimum Gasteiger partial charge on any atom is -0.459 e. The van der Waals surface area contributed by atoms with Crippen LogP contribution < -0.4 is 10.6 Å². The molecular weight excluding hydrogens is 260 g/mol. The normalized spacial score (nSPS) is 17.3. The molecule has 2 amide bonds. The molecule has 0 spiro atoms. The molecule has 1 aliphatic carbocycles. The molecular formula is C14H20N2O4. The highest BCUT2D eigenvalue weighted by molar-refractivity contribution is 5.95. The summed E-state index contributed by atoms with van der Waals surface area (Å²) in [7, 11) is 0. The molecule has 20 heavy (non-hydrogen) atoms. The van der Waals surface area contributed by atoms with Gasteiger partial charge in [-0.15, -0.1) is 0 Å². The maximum atomic E-state index is 11.9. The topological polar surface area (TPSA) is 91.6 Å². The summed E-state index contributed by atoms with van der Waals surface area (Å²) in [5, 5.41) is 14.4. The van der Waals surface area contributed by atoms with Gasteiger partial charge in [-0.25, -0.2) is 0 Å². The fraction of sp³-hybridized carbons (Fsp3) is 0.571. The lowest BCUT2D eigenvalue weighted by Crippen LogP contribution is -2.46. The molecule has 1 atom stereocenters. The highest BCUT2D eigenvalue weighted by Crippen LogP contribution is 2.47. The summed E-state index contributed by atoms with van der Waals surface area (Å²) in [6, 6.07) is 2.53. The third-order valence-corrected chi connectivity index (χ3v) is 3.72. The van der Waals surface area contributed by atoms with Gasteiger partial charge in [0.1, 0.15) is 6.04 Å². The number of carbonyl (C=O) groups is 2. The third-order valence-electron chi connectivity index (χ3n) is 3.72. The van der Waals surface area contributed by atoms with E-state index in [1.54, 1.807) is 19.1 Å². The molecule has 3 N–H and O–H groups in total. The van der Waals surface area contributed by atoms with Gasteiger partial charge < -0.3 is 20.2 Å². The zero-order valence-electron chi connectivity index (χ0n) is 11.5. The molecule has 1 fully saturated rings. The molecule has 1 aromatic rings. The quantitative estimate of drug-likeness (QED) is 0.685. The van der Waals surface area contributed by atoms with Crippen LogP contribution >= 0.6 is 0 Å². The molecule has 2 rings (SSSR count). The summed E-state index contributed by atoms with van der Waals surface area (Å²) in [5.74, 6) is -0.452. The lowest BCUT2D eigenvalue weighted by Gasteiger charge is -2.17. The lowest BCUT2D eigenvalue weighted by atomic mass is 10.0. The van der Waals surface area contributed by atoms with Crippen LogP contribution in [0.25, 0.3) is 0 Å². The summed E-state index contributed by atoms with van der Waals surface area (Å²) < 4.78 is 4.96. The number of hydrogen-bond acceptors (Lipinski definition) is 4. The summed E-state index contributed by atoms with van der Waals surface area (Å²) >= 11 is 0. The van der Waals surface area contributed by atoms with Gasteiger partial charge in [-0.2, -0.15) is 0 Å². The second kappa shape index (κ2) is 6.09. The molecule has 6 nitrogen and oxygen atoms in total. The molecule has 6 heteroatoms. The Hall–Kier alpha value is -1.82. The van der Waals surface area contributed by atoms with E-state index in [0.29, 0.717) is 13.0 Å². The number of hydrogen-bond donors (Lipinski definition) is 3. The second-order valence-electron chi connectivity index (χ2n) is 5.36. The van der Waals surface area contributed by atoms with Crippen LogP contribution in [-0.4, -0.2) is 36.1 Å². The van der Waals surface area contributed by atoms with Crippen LogP contribution in [0.1, 0.15) is 36.7 Å². The first-order chi connectivity index (χ1) is 9.56. The van der Waals surface area contributed by atoms with Crippen LogP contribution in [0.3, 0.4) is 0 Å². The van der Waals surface area contributed by atoms with Gasteiger partial charge in [-0.3, -0.25) is 9.59 Å². The number of furan rings is 1. The Kier molecular flexibility index (Phi) is 4.44. The summed E-state index contributed by atoms with van der Waals surface area (Å²) in [6.45, 7) is 2.32. The predicted octanol–water partition coefficient (Wildman–Crippen LogP) is 0.677. The summed E-state index contributed by atoms with van der Waals surface area (Å²) in [4.78, 5) is 23.6. The molecule has 110 valence electrons. The van der Waals surface area contributed by atoms with Crippen LogP contribution in [0, 0.1) is 5.41 Å². The lowest BCUT2D eigenvalue weighted by molar-refractivity contribution is -0.122. The molecule has 1 heterocycles. The minimum absolute atomic E-state index is 0.0646. The van der Waals surface area contributed by atoms with Gasteiger partial charge in [0, 0.05) is 13.2 Å². The first-order valence-corrected chi connectivity index (χ1v) is 6.79. The van der Waals surface area contributed by atoms with Crippen LogP contribution in [0.15, 0.2) is 22.8 Å². The fourth-order valence-corrected chi connectivity index (χ4v) is 2.10. The van der Waals surface area contributed by atoms with E-state index in [0.717, 1.165) is 12.8 Å². The Bertz CT molecular complexity index is 466. The summed E-state index contributed by atoms with van der Waals surface area (Å²) in [6.07, 6.45) is 4.17. The van der Waals surface area contributed by atoms with Crippen molar-refractivity contribution in [3.05, 3.63) is 24.2 Å². The van der Waals surface area contributed by atoms with Gasteiger partial charge in [0.05, 0.1) is 6.26 Å². The van der Waals surface area contributed by atoms with Crippen LogP contribution in [0.2, 0.25) is 0 Å². The Morgan fingerprint density at radius 2 is 2.25 bits per heavy atom. The zero-order chi connectivity index (χ0) is 14.6. The smallest absolute Gasteiger partial charge is 0.287 e. The standard InChI is InChI=1S/C14H20N2O4/c1-10(16-13(19)11-3-2-8-20-11)12(18)15-9-14(4-5-14)6-7-17/h2-3,8,10,17H,4-7,9H2,1H3,(H,15,18)(H,16,19). The van der Waals surface area contributed by atoms with E-state index < -0.39 is 11.9 Å². The van der Waals surface area contributed by atoms with Gasteiger partial charge in [-0.1, -0.05) is 0 Å². The van der Waals surface area contributed by atoms with Crippen molar-refractivity contribution in [2.24, 2.45) is 5.41 Å². The van der Waals surface area contributed by atoms with Crippen molar-refractivity contribution in [1.29, 1.82) is 0 Å². The molecule has 1 saturated carbocycles. The van der Waals surface area contributed by atoms with Gasteiger partial charge in [0.25, 0.3) is 5.91 Å². The molecule has 1 aliphatic rings. The Balaban J connectivity index is 1.76. The number of rotatable bonds is 7. The van der Waals surface area contributed by atoms with Crippen molar-refractivity contribution in [2.45, 2.75) is 32.2 Å². The Labute approximate surface area is 117 Å². The predicted molar refractivity (Wildman–Crippen MR) is 72.0 cm³/mol. The van der Waals surface area contributed by atoms with Crippen LogP contribution in [0.5, 0.6) is 0 Å². The number of aliphatic hydroxyl groups is 1. The van der Waals surface area contributed by atoms with Gasteiger partial charge >= 0.3 is 0 Å². The maximum absolute atomic E-state index is 11.9. The SMILES string of the molecule is CC(NC(=O)c1ccco1)C(=O)NCC1(CCO)CC1. The average Bonchev–Trinajstić information content (AvgIpc) is 2.97. The molecule has 0 bridgehead atoms. The van der Waals surface area contributed by atoms with E-state index in [2.05, 4.69) is 10.6 Å². The molecule has 0 radical (unpaired) electrons. The van der Waals surface area contributed by atoms with E-state index in [1.807, 2.05) is 0 Å². The highest BCUT2D eigenvalue weighted by atomic mass is 16.3. The third kappa shape index (κ3) is 3.60. The van der Waals surface area contributed by atoms with E-state index in [4.69, 9.17) is 9.52 Å². The van der Waals surface area contributed by atoms with Gasteiger partial charge in [-0.05, 0) is 43.7 Å². The minimum atomic E-state index is -0.627.